The van der Waals surface area contributed by atoms with Crippen LogP contribution in [0.5, 0.6) is 0 Å². The molecule has 0 atom stereocenters. The van der Waals surface area contributed by atoms with Gasteiger partial charge in [0.25, 0.3) is 5.89 Å². The highest BCUT2D eigenvalue weighted by molar-refractivity contribution is 5.75. The van der Waals surface area contributed by atoms with Crippen molar-refractivity contribution in [2.75, 3.05) is 6.54 Å². The fourth-order valence-corrected chi connectivity index (χ4v) is 1.57. The Labute approximate surface area is 111 Å². The molecular formula is C13H16N4O2. The summed E-state index contributed by atoms with van der Waals surface area (Å²) in [4.78, 5) is 15.4. The molecule has 0 saturated heterocycles. The topological polar surface area (TPSA) is 80.9 Å². The third kappa shape index (κ3) is 3.87. The third-order valence-corrected chi connectivity index (χ3v) is 2.49. The minimum absolute atomic E-state index is 0.0481. The van der Waals surface area contributed by atoms with Gasteiger partial charge in [0.15, 0.2) is 0 Å². The highest BCUT2D eigenvalue weighted by Gasteiger charge is 2.09. The molecule has 100 valence electrons. The second-order valence-electron chi connectivity index (χ2n) is 4.07. The van der Waals surface area contributed by atoms with Gasteiger partial charge in [-0.05, 0) is 18.6 Å². The Balaban J connectivity index is 1.86. The SMILES string of the molecule is CCCC(=O)NCCc1nnc(-c2ccccn2)o1. The molecule has 0 fully saturated rings. The van der Waals surface area contributed by atoms with Gasteiger partial charge in [-0.15, -0.1) is 10.2 Å². The molecule has 1 amide bonds. The molecule has 2 rings (SSSR count). The molecule has 0 aromatic carbocycles. The second-order valence-corrected chi connectivity index (χ2v) is 4.07. The molecule has 0 bridgehead atoms. The van der Waals surface area contributed by atoms with Crippen molar-refractivity contribution in [1.82, 2.24) is 20.5 Å². The van der Waals surface area contributed by atoms with Crippen molar-refractivity contribution in [3.8, 4) is 11.6 Å². The van der Waals surface area contributed by atoms with E-state index in [0.717, 1.165) is 6.42 Å². The number of hydrogen-bond donors (Lipinski definition) is 1. The number of carbonyl (C=O) groups excluding carboxylic acids is 1. The number of carbonyl (C=O) groups is 1. The van der Waals surface area contributed by atoms with E-state index in [0.29, 0.717) is 36.9 Å². The zero-order valence-corrected chi connectivity index (χ0v) is 10.8. The van der Waals surface area contributed by atoms with Gasteiger partial charge in [-0.1, -0.05) is 13.0 Å². The standard InChI is InChI=1S/C13H16N4O2/c1-2-5-11(18)15-9-7-12-16-17-13(19-12)10-6-3-4-8-14-10/h3-4,6,8H,2,5,7,9H2,1H3,(H,15,18). The molecule has 19 heavy (non-hydrogen) atoms. The molecule has 1 N–H and O–H groups in total. The summed E-state index contributed by atoms with van der Waals surface area (Å²) in [6.45, 7) is 2.47. The maximum Gasteiger partial charge on any atom is 0.266 e. The summed E-state index contributed by atoms with van der Waals surface area (Å²) in [6, 6.07) is 5.49. The number of amides is 1. The molecule has 6 heteroatoms. The van der Waals surface area contributed by atoms with E-state index in [-0.39, 0.29) is 5.91 Å². The summed E-state index contributed by atoms with van der Waals surface area (Å²) in [6.07, 6.45) is 3.58. The van der Waals surface area contributed by atoms with E-state index in [4.69, 9.17) is 4.42 Å². The highest BCUT2D eigenvalue weighted by Crippen LogP contribution is 2.14. The van der Waals surface area contributed by atoms with Crippen LogP contribution in [0.3, 0.4) is 0 Å². The second kappa shape index (κ2) is 6.63. The largest absolute Gasteiger partial charge is 0.419 e. The summed E-state index contributed by atoms with van der Waals surface area (Å²) in [5.41, 5.74) is 0.649. The van der Waals surface area contributed by atoms with Gasteiger partial charge in [0.1, 0.15) is 5.69 Å². The molecular weight excluding hydrogens is 244 g/mol. The van der Waals surface area contributed by atoms with Crippen molar-refractivity contribution in [3.63, 3.8) is 0 Å². The lowest BCUT2D eigenvalue weighted by molar-refractivity contribution is -0.121. The van der Waals surface area contributed by atoms with E-state index in [1.54, 1.807) is 12.3 Å². The molecule has 0 aliphatic rings. The van der Waals surface area contributed by atoms with E-state index in [2.05, 4.69) is 20.5 Å². The first-order valence-electron chi connectivity index (χ1n) is 6.30. The Bertz CT molecular complexity index is 524. The molecule has 2 aromatic rings. The Hall–Kier alpha value is -2.24. The van der Waals surface area contributed by atoms with Gasteiger partial charge in [0.05, 0.1) is 0 Å². The summed E-state index contributed by atoms with van der Waals surface area (Å²) >= 11 is 0. The van der Waals surface area contributed by atoms with Crippen LogP contribution in [0, 0.1) is 0 Å². The fraction of sp³-hybridized carbons (Fsp3) is 0.385. The van der Waals surface area contributed by atoms with Crippen LogP contribution < -0.4 is 5.32 Å². The smallest absolute Gasteiger partial charge is 0.266 e. The third-order valence-electron chi connectivity index (χ3n) is 2.49. The van der Waals surface area contributed by atoms with Crippen LogP contribution in [-0.2, 0) is 11.2 Å². The molecule has 0 unspecified atom stereocenters. The molecule has 2 heterocycles. The maximum absolute atomic E-state index is 11.3. The lowest BCUT2D eigenvalue weighted by Crippen LogP contribution is -2.25. The van der Waals surface area contributed by atoms with Crippen LogP contribution in [0.1, 0.15) is 25.7 Å². The van der Waals surface area contributed by atoms with Crippen molar-refractivity contribution in [1.29, 1.82) is 0 Å². The van der Waals surface area contributed by atoms with E-state index in [9.17, 15) is 4.79 Å². The number of rotatable bonds is 6. The predicted molar refractivity (Wildman–Crippen MR) is 69.2 cm³/mol. The van der Waals surface area contributed by atoms with Gasteiger partial charge in [0, 0.05) is 25.6 Å². The van der Waals surface area contributed by atoms with Crippen LogP contribution in [-0.4, -0.2) is 27.6 Å². The summed E-state index contributed by atoms with van der Waals surface area (Å²) < 4.78 is 5.48. The van der Waals surface area contributed by atoms with E-state index < -0.39 is 0 Å². The Morgan fingerprint density at radius 2 is 2.26 bits per heavy atom. The average Bonchev–Trinajstić information content (AvgIpc) is 2.89. The van der Waals surface area contributed by atoms with Crippen LogP contribution in [0.15, 0.2) is 28.8 Å². The van der Waals surface area contributed by atoms with Crippen molar-refractivity contribution in [2.24, 2.45) is 0 Å². The molecule has 0 aliphatic carbocycles. The molecule has 0 aliphatic heterocycles. The number of hydrogen-bond acceptors (Lipinski definition) is 5. The number of nitrogens with one attached hydrogen (secondary N) is 1. The Morgan fingerprint density at radius 1 is 1.37 bits per heavy atom. The zero-order chi connectivity index (χ0) is 13.5. The number of nitrogens with zero attached hydrogens (tertiary/aromatic N) is 3. The average molecular weight is 260 g/mol. The van der Waals surface area contributed by atoms with Gasteiger partial charge in [-0.2, -0.15) is 0 Å². The van der Waals surface area contributed by atoms with Crippen LogP contribution in [0.2, 0.25) is 0 Å². The molecule has 0 radical (unpaired) electrons. The van der Waals surface area contributed by atoms with Crippen molar-refractivity contribution in [3.05, 3.63) is 30.3 Å². The van der Waals surface area contributed by atoms with Crippen molar-refractivity contribution >= 4 is 5.91 Å². The minimum atomic E-state index is 0.0481. The highest BCUT2D eigenvalue weighted by atomic mass is 16.4. The van der Waals surface area contributed by atoms with E-state index in [1.165, 1.54) is 0 Å². The first-order valence-corrected chi connectivity index (χ1v) is 6.30. The van der Waals surface area contributed by atoms with Crippen LogP contribution in [0.4, 0.5) is 0 Å². The van der Waals surface area contributed by atoms with E-state index in [1.807, 2.05) is 19.1 Å². The fourth-order valence-electron chi connectivity index (χ4n) is 1.57. The Kier molecular flexibility index (Phi) is 4.60. The van der Waals surface area contributed by atoms with Gasteiger partial charge in [-0.3, -0.25) is 9.78 Å². The van der Waals surface area contributed by atoms with E-state index >= 15 is 0 Å². The summed E-state index contributed by atoms with van der Waals surface area (Å²) in [7, 11) is 0. The van der Waals surface area contributed by atoms with Gasteiger partial charge >= 0.3 is 0 Å². The first kappa shape index (κ1) is 13.2. The molecule has 6 nitrogen and oxygen atoms in total. The van der Waals surface area contributed by atoms with Crippen LogP contribution >= 0.6 is 0 Å². The summed E-state index contributed by atoms with van der Waals surface area (Å²) in [5.74, 6) is 0.944. The lowest BCUT2D eigenvalue weighted by atomic mass is 10.3. The minimum Gasteiger partial charge on any atom is -0.419 e. The van der Waals surface area contributed by atoms with Crippen molar-refractivity contribution in [2.45, 2.75) is 26.2 Å². The number of pyridine rings is 1. The molecule has 0 saturated carbocycles. The monoisotopic (exact) mass is 260 g/mol. The molecule has 2 aromatic heterocycles. The maximum atomic E-state index is 11.3. The van der Waals surface area contributed by atoms with Crippen molar-refractivity contribution < 1.29 is 9.21 Å². The quantitative estimate of drug-likeness (QED) is 0.853. The predicted octanol–water partition coefficient (Wildman–Crippen LogP) is 1.59. The zero-order valence-electron chi connectivity index (χ0n) is 10.8. The summed E-state index contributed by atoms with van der Waals surface area (Å²) in [5, 5.41) is 10.7. The van der Waals surface area contributed by atoms with Gasteiger partial charge in [0.2, 0.25) is 11.8 Å². The first-order chi connectivity index (χ1) is 9.29. The lowest BCUT2D eigenvalue weighted by Gasteiger charge is -2.00. The molecule has 0 spiro atoms. The van der Waals surface area contributed by atoms with Gasteiger partial charge < -0.3 is 9.73 Å². The van der Waals surface area contributed by atoms with Crippen LogP contribution in [0.25, 0.3) is 11.6 Å². The normalized spacial score (nSPS) is 10.4. The van der Waals surface area contributed by atoms with Gasteiger partial charge in [-0.25, -0.2) is 0 Å². The Morgan fingerprint density at radius 3 is 3.00 bits per heavy atom. The number of aromatic nitrogens is 3.